The Hall–Kier alpha value is -1.93. The quantitative estimate of drug-likeness (QED) is 0.815. The van der Waals surface area contributed by atoms with Crippen LogP contribution in [0.2, 0.25) is 5.02 Å². The first-order chi connectivity index (χ1) is 12.8. The van der Waals surface area contributed by atoms with Crippen LogP contribution in [0.4, 0.5) is 8.78 Å². The maximum atomic E-state index is 12.7. The number of alkyl halides is 2. The van der Waals surface area contributed by atoms with Gasteiger partial charge in [0.15, 0.2) is 15.6 Å². The third-order valence-corrected chi connectivity index (χ3v) is 7.27. The van der Waals surface area contributed by atoms with Crippen LogP contribution in [0.3, 0.4) is 0 Å². The fourth-order valence-corrected chi connectivity index (χ4v) is 5.98. The van der Waals surface area contributed by atoms with Crippen LogP contribution in [0.1, 0.15) is 37.2 Å². The van der Waals surface area contributed by atoms with Gasteiger partial charge in [0.2, 0.25) is 0 Å². The number of allylic oxidation sites excluding steroid dienone is 4. The number of ketones is 1. The summed E-state index contributed by atoms with van der Waals surface area (Å²) >= 11 is 5.93. The third-order valence-electron chi connectivity index (χ3n) is 5.07. The first-order valence-corrected chi connectivity index (χ1v) is 10.5. The van der Waals surface area contributed by atoms with Crippen molar-refractivity contribution >= 4 is 27.2 Å². The average Bonchev–Trinajstić information content (AvgIpc) is 2.90. The van der Waals surface area contributed by atoms with E-state index in [1.165, 1.54) is 12.1 Å². The largest absolute Gasteiger partial charge is 0.433 e. The van der Waals surface area contributed by atoms with Crippen LogP contribution >= 0.6 is 11.6 Å². The number of carbonyl (C=O) groups excluding carboxylic acids is 1. The van der Waals surface area contributed by atoms with Crippen molar-refractivity contribution in [3.8, 4) is 5.75 Å². The SMILES string of the molecule is O=C1CCCC2=C1C(c1ccc(Cl)c(OC(F)F)c1)C1=C(CCS1(=O)=O)N2. The number of dihydropyridines is 1. The smallest absolute Gasteiger partial charge is 0.387 e. The Morgan fingerprint density at radius 3 is 2.70 bits per heavy atom. The van der Waals surface area contributed by atoms with Gasteiger partial charge < -0.3 is 10.1 Å². The summed E-state index contributed by atoms with van der Waals surface area (Å²) in [5.41, 5.74) is 2.10. The van der Waals surface area contributed by atoms with Crippen molar-refractivity contribution in [3.63, 3.8) is 0 Å². The van der Waals surface area contributed by atoms with E-state index >= 15 is 0 Å². The lowest BCUT2D eigenvalue weighted by atomic mass is 9.79. The number of ether oxygens (including phenoxy) is 1. The summed E-state index contributed by atoms with van der Waals surface area (Å²) in [5, 5.41) is 3.13. The summed E-state index contributed by atoms with van der Waals surface area (Å²) in [4.78, 5) is 12.8. The molecule has 0 spiro atoms. The lowest BCUT2D eigenvalue weighted by molar-refractivity contribution is -0.116. The van der Waals surface area contributed by atoms with E-state index < -0.39 is 22.4 Å². The molecule has 0 radical (unpaired) electrons. The molecular weight excluding hydrogens is 400 g/mol. The normalized spacial score (nSPS) is 24.0. The Bertz CT molecular complexity index is 1000. The van der Waals surface area contributed by atoms with E-state index in [9.17, 15) is 22.0 Å². The summed E-state index contributed by atoms with van der Waals surface area (Å²) in [6.07, 6.45) is 2.00. The molecule has 1 aromatic rings. The highest BCUT2D eigenvalue weighted by molar-refractivity contribution is 7.95. The van der Waals surface area contributed by atoms with Gasteiger partial charge in [0.25, 0.3) is 0 Å². The predicted molar refractivity (Wildman–Crippen MR) is 95.3 cm³/mol. The number of carbonyl (C=O) groups is 1. The Labute approximate surface area is 159 Å². The van der Waals surface area contributed by atoms with Crippen molar-refractivity contribution in [2.75, 3.05) is 5.75 Å². The number of nitrogens with one attached hydrogen (secondary N) is 1. The summed E-state index contributed by atoms with van der Waals surface area (Å²) in [6.45, 7) is -3.07. The predicted octanol–water partition coefficient (Wildman–Crippen LogP) is 3.67. The van der Waals surface area contributed by atoms with E-state index in [4.69, 9.17) is 11.6 Å². The van der Waals surface area contributed by atoms with Crippen LogP contribution in [-0.2, 0) is 14.6 Å². The highest BCUT2D eigenvalue weighted by Gasteiger charge is 2.44. The molecule has 2 aliphatic heterocycles. The molecule has 2 heterocycles. The highest BCUT2D eigenvalue weighted by atomic mass is 35.5. The first kappa shape index (κ1) is 18.4. The number of benzene rings is 1. The second kappa shape index (κ2) is 6.60. The molecule has 4 rings (SSSR count). The van der Waals surface area contributed by atoms with E-state index in [1.54, 1.807) is 6.07 Å². The molecule has 1 N–H and O–H groups in total. The van der Waals surface area contributed by atoms with Crippen LogP contribution in [0.25, 0.3) is 0 Å². The van der Waals surface area contributed by atoms with Gasteiger partial charge in [0, 0.05) is 29.8 Å². The van der Waals surface area contributed by atoms with Gasteiger partial charge >= 0.3 is 6.61 Å². The topological polar surface area (TPSA) is 72.5 Å². The Morgan fingerprint density at radius 1 is 1.19 bits per heavy atom. The molecule has 0 amide bonds. The fourth-order valence-electron chi connectivity index (χ4n) is 3.98. The molecule has 1 aliphatic carbocycles. The first-order valence-electron chi connectivity index (χ1n) is 8.51. The Kier molecular flexibility index (Phi) is 4.50. The zero-order chi connectivity index (χ0) is 19.3. The van der Waals surface area contributed by atoms with Crippen molar-refractivity contribution in [1.82, 2.24) is 5.32 Å². The molecule has 9 heteroatoms. The van der Waals surface area contributed by atoms with Crippen molar-refractivity contribution < 1.29 is 26.7 Å². The van der Waals surface area contributed by atoms with Crippen molar-refractivity contribution in [1.29, 1.82) is 0 Å². The van der Waals surface area contributed by atoms with Gasteiger partial charge in [-0.3, -0.25) is 4.79 Å². The molecule has 5 nitrogen and oxygen atoms in total. The molecule has 0 saturated carbocycles. The molecule has 0 bridgehead atoms. The average molecular weight is 416 g/mol. The minimum atomic E-state index is -3.56. The van der Waals surface area contributed by atoms with Crippen LogP contribution in [0.5, 0.6) is 5.75 Å². The number of halogens is 3. The highest BCUT2D eigenvalue weighted by Crippen LogP contribution is 2.48. The lowest BCUT2D eigenvalue weighted by Crippen LogP contribution is -2.32. The van der Waals surface area contributed by atoms with Crippen LogP contribution in [0, 0.1) is 0 Å². The van der Waals surface area contributed by atoms with E-state index in [2.05, 4.69) is 10.1 Å². The monoisotopic (exact) mass is 415 g/mol. The van der Waals surface area contributed by atoms with Crippen LogP contribution in [-0.4, -0.2) is 26.6 Å². The standard InChI is InChI=1S/C18H16ClF2NO4S/c19-10-5-4-9(8-14(10)26-18(20)21)15-16-11(2-1-3-13(16)23)22-12-6-7-27(24,25)17(12)15/h4-5,8,15,18,22H,1-3,6-7H2. The fraction of sp³-hybridized carbons (Fsp3) is 0.389. The van der Waals surface area contributed by atoms with Crippen LogP contribution < -0.4 is 10.1 Å². The van der Waals surface area contributed by atoms with Crippen molar-refractivity contribution in [2.24, 2.45) is 0 Å². The number of sulfone groups is 1. The van der Waals surface area contributed by atoms with Gasteiger partial charge in [-0.2, -0.15) is 8.78 Å². The van der Waals surface area contributed by atoms with Gasteiger partial charge in [0.1, 0.15) is 5.75 Å². The Balaban J connectivity index is 1.90. The van der Waals surface area contributed by atoms with E-state index in [1.807, 2.05) is 0 Å². The summed E-state index contributed by atoms with van der Waals surface area (Å²) < 4.78 is 55.2. The molecular formula is C18H16ClF2NO4S. The van der Waals surface area contributed by atoms with E-state index in [0.29, 0.717) is 42.5 Å². The second-order valence-electron chi connectivity index (χ2n) is 6.71. The number of rotatable bonds is 3. The molecule has 0 aromatic heterocycles. The maximum Gasteiger partial charge on any atom is 0.387 e. The molecule has 3 aliphatic rings. The maximum absolute atomic E-state index is 12.7. The molecule has 1 atom stereocenters. The van der Waals surface area contributed by atoms with Gasteiger partial charge in [0.05, 0.1) is 21.6 Å². The van der Waals surface area contributed by atoms with Crippen molar-refractivity contribution in [3.05, 3.63) is 50.7 Å². The van der Waals surface area contributed by atoms with Crippen LogP contribution in [0.15, 0.2) is 40.1 Å². The third kappa shape index (κ3) is 3.14. The summed E-state index contributed by atoms with van der Waals surface area (Å²) in [7, 11) is -3.56. The molecule has 0 saturated heterocycles. The number of Topliss-reactive ketones (excluding diaryl/α,β-unsaturated/α-hetero) is 1. The molecule has 1 aromatic carbocycles. The Morgan fingerprint density at radius 2 is 1.96 bits per heavy atom. The van der Waals surface area contributed by atoms with Gasteiger partial charge in [-0.05, 0) is 30.5 Å². The lowest BCUT2D eigenvalue weighted by Gasteiger charge is -2.33. The van der Waals surface area contributed by atoms with Gasteiger partial charge in [-0.25, -0.2) is 8.42 Å². The van der Waals surface area contributed by atoms with Crippen molar-refractivity contribution in [2.45, 2.75) is 38.2 Å². The molecule has 0 fully saturated rings. The van der Waals surface area contributed by atoms with Gasteiger partial charge in [-0.1, -0.05) is 17.7 Å². The summed E-state index contributed by atoms with van der Waals surface area (Å²) in [5.74, 6) is -1.24. The number of hydrogen-bond acceptors (Lipinski definition) is 5. The van der Waals surface area contributed by atoms with E-state index in [-0.39, 0.29) is 27.2 Å². The second-order valence-corrected chi connectivity index (χ2v) is 9.19. The van der Waals surface area contributed by atoms with Gasteiger partial charge in [-0.15, -0.1) is 0 Å². The summed E-state index contributed by atoms with van der Waals surface area (Å²) in [6, 6.07) is 4.24. The minimum absolute atomic E-state index is 0.0133. The molecule has 144 valence electrons. The van der Waals surface area contributed by atoms with E-state index in [0.717, 1.165) is 5.70 Å². The minimum Gasteiger partial charge on any atom is -0.433 e. The molecule has 27 heavy (non-hydrogen) atoms. The zero-order valence-corrected chi connectivity index (χ0v) is 15.7. The molecule has 1 unspecified atom stereocenters. The number of hydrogen-bond donors (Lipinski definition) is 1. The zero-order valence-electron chi connectivity index (χ0n) is 14.1.